The van der Waals surface area contributed by atoms with Crippen molar-refractivity contribution in [1.82, 2.24) is 10.2 Å². The number of fused-ring (bicyclic) bond motifs is 1. The number of amidine groups is 1. The van der Waals surface area contributed by atoms with Crippen LogP contribution in [0.15, 0.2) is 63.8 Å². The van der Waals surface area contributed by atoms with Crippen molar-refractivity contribution in [2.24, 2.45) is 4.99 Å². The van der Waals surface area contributed by atoms with Gasteiger partial charge in [-0.2, -0.15) is 0 Å². The highest BCUT2D eigenvalue weighted by Crippen LogP contribution is 2.33. The number of rotatable bonds is 4. The summed E-state index contributed by atoms with van der Waals surface area (Å²) >= 11 is 8.09. The molecule has 2 heterocycles. The van der Waals surface area contributed by atoms with Crippen molar-refractivity contribution < 1.29 is 9.59 Å². The van der Waals surface area contributed by atoms with E-state index < -0.39 is 0 Å². The van der Waals surface area contributed by atoms with Gasteiger partial charge in [0, 0.05) is 13.0 Å². The third-order valence-electron chi connectivity index (χ3n) is 4.42. The number of hydrogen-bond donors (Lipinski definition) is 1. The average Bonchev–Trinajstić information content (AvgIpc) is 3.22. The predicted octanol–water partition coefficient (Wildman–Crippen LogP) is 3.78. The van der Waals surface area contributed by atoms with E-state index in [0.717, 1.165) is 16.8 Å². The van der Waals surface area contributed by atoms with E-state index in [4.69, 9.17) is 12.2 Å². The SMILES string of the molecule is Cc1ccc(/C=C2\SC(=S)N(CCC(=O)NC3=NC4=CC=C=CC4S3)C2=O)cc1. The molecule has 1 aliphatic carbocycles. The molecule has 1 saturated heterocycles. The monoisotopic (exact) mass is 439 g/mol. The lowest BCUT2D eigenvalue weighted by Crippen LogP contribution is -2.34. The highest BCUT2D eigenvalue weighted by molar-refractivity contribution is 8.26. The van der Waals surface area contributed by atoms with Gasteiger partial charge in [0.2, 0.25) is 5.91 Å². The lowest BCUT2D eigenvalue weighted by molar-refractivity contribution is -0.123. The summed E-state index contributed by atoms with van der Waals surface area (Å²) in [6, 6.07) is 7.93. The van der Waals surface area contributed by atoms with Crippen LogP contribution in [0.25, 0.3) is 6.08 Å². The molecule has 3 aliphatic rings. The first kappa shape index (κ1) is 19.9. The number of amides is 2. The van der Waals surface area contributed by atoms with Crippen molar-refractivity contribution >= 4 is 63.1 Å². The van der Waals surface area contributed by atoms with Gasteiger partial charge in [0.05, 0.1) is 15.9 Å². The van der Waals surface area contributed by atoms with Crippen molar-refractivity contribution in [3.63, 3.8) is 0 Å². The Morgan fingerprint density at radius 3 is 2.93 bits per heavy atom. The summed E-state index contributed by atoms with van der Waals surface area (Å²) in [7, 11) is 0. The number of benzene rings is 1. The lowest BCUT2D eigenvalue weighted by atomic mass is 10.1. The van der Waals surface area contributed by atoms with Gasteiger partial charge in [0.25, 0.3) is 5.91 Å². The summed E-state index contributed by atoms with van der Waals surface area (Å²) in [6.07, 6.45) is 7.60. The summed E-state index contributed by atoms with van der Waals surface area (Å²) in [5, 5.41) is 3.49. The van der Waals surface area contributed by atoms with E-state index in [1.807, 2.05) is 49.4 Å². The molecule has 1 atom stereocenters. The van der Waals surface area contributed by atoms with Crippen LogP contribution in [0.3, 0.4) is 0 Å². The summed E-state index contributed by atoms with van der Waals surface area (Å²) in [5.41, 5.74) is 6.04. The molecule has 1 unspecified atom stereocenters. The van der Waals surface area contributed by atoms with Gasteiger partial charge >= 0.3 is 0 Å². The molecule has 4 rings (SSSR count). The van der Waals surface area contributed by atoms with Gasteiger partial charge in [0.1, 0.15) is 4.32 Å². The molecule has 2 aliphatic heterocycles. The van der Waals surface area contributed by atoms with Crippen LogP contribution >= 0.6 is 35.7 Å². The number of aryl methyl sites for hydroxylation is 1. The molecule has 1 fully saturated rings. The van der Waals surface area contributed by atoms with Gasteiger partial charge in [0.15, 0.2) is 5.17 Å². The molecule has 8 heteroatoms. The van der Waals surface area contributed by atoms with Gasteiger partial charge in [-0.05, 0) is 36.8 Å². The van der Waals surface area contributed by atoms with E-state index in [9.17, 15) is 9.59 Å². The van der Waals surface area contributed by atoms with Crippen molar-refractivity contribution in [2.75, 3.05) is 6.54 Å². The van der Waals surface area contributed by atoms with Crippen LogP contribution in [0.1, 0.15) is 17.5 Å². The lowest BCUT2D eigenvalue weighted by Gasteiger charge is -2.14. The second-order valence-corrected chi connectivity index (χ2v) is 9.40. The normalized spacial score (nSPS) is 21.5. The average molecular weight is 440 g/mol. The largest absolute Gasteiger partial charge is 0.305 e. The number of nitrogens with one attached hydrogen (secondary N) is 1. The summed E-state index contributed by atoms with van der Waals surface area (Å²) in [4.78, 5) is 31.5. The number of nitrogens with zero attached hydrogens (tertiary/aromatic N) is 2. The van der Waals surface area contributed by atoms with Crippen LogP contribution in [-0.2, 0) is 9.59 Å². The number of thioether (sulfide) groups is 2. The number of allylic oxidation sites excluding steroid dienone is 1. The van der Waals surface area contributed by atoms with Crippen molar-refractivity contribution in [3.8, 4) is 0 Å². The molecule has 0 saturated carbocycles. The predicted molar refractivity (Wildman–Crippen MR) is 123 cm³/mol. The number of thiocarbonyl (C=S) groups is 1. The number of aliphatic imine (C=N–C) groups is 1. The Morgan fingerprint density at radius 2 is 2.17 bits per heavy atom. The van der Waals surface area contributed by atoms with Crippen molar-refractivity contribution in [2.45, 2.75) is 18.6 Å². The maximum absolute atomic E-state index is 12.7. The zero-order chi connectivity index (χ0) is 20.4. The molecule has 146 valence electrons. The van der Waals surface area contributed by atoms with Crippen molar-refractivity contribution in [3.05, 3.63) is 70.0 Å². The Kier molecular flexibility index (Phi) is 5.87. The van der Waals surface area contributed by atoms with Gasteiger partial charge in [-0.25, -0.2) is 4.99 Å². The van der Waals surface area contributed by atoms with Crippen LogP contribution in [-0.4, -0.2) is 38.0 Å². The Bertz CT molecular complexity index is 1050. The fourth-order valence-electron chi connectivity index (χ4n) is 2.88. The fourth-order valence-corrected chi connectivity index (χ4v) is 5.15. The first-order valence-electron chi connectivity index (χ1n) is 8.99. The second kappa shape index (κ2) is 8.55. The van der Waals surface area contributed by atoms with Gasteiger partial charge in [-0.3, -0.25) is 14.5 Å². The van der Waals surface area contributed by atoms with Gasteiger partial charge < -0.3 is 5.32 Å². The van der Waals surface area contributed by atoms with Crippen LogP contribution in [0.5, 0.6) is 0 Å². The molecule has 5 nitrogen and oxygen atoms in total. The molecular formula is C21H17N3O2S3. The molecule has 0 aromatic heterocycles. The Hall–Kier alpha value is -2.38. The number of carbonyl (C=O) groups is 2. The topological polar surface area (TPSA) is 61.8 Å². The van der Waals surface area contributed by atoms with E-state index in [1.54, 1.807) is 6.08 Å². The Labute approximate surface area is 182 Å². The first-order valence-corrected chi connectivity index (χ1v) is 11.1. The number of carbonyl (C=O) groups excluding carboxylic acids is 2. The zero-order valence-electron chi connectivity index (χ0n) is 15.5. The summed E-state index contributed by atoms with van der Waals surface area (Å²) in [5.74, 6) is -0.350. The van der Waals surface area contributed by atoms with E-state index in [0.29, 0.717) is 14.4 Å². The van der Waals surface area contributed by atoms with Crippen LogP contribution in [0, 0.1) is 6.92 Å². The highest BCUT2D eigenvalue weighted by atomic mass is 32.2. The Balaban J connectivity index is 1.33. The van der Waals surface area contributed by atoms with Crippen LogP contribution < -0.4 is 5.32 Å². The molecule has 1 aromatic carbocycles. The Morgan fingerprint density at radius 1 is 1.38 bits per heavy atom. The summed E-state index contributed by atoms with van der Waals surface area (Å²) in [6.45, 7) is 2.26. The van der Waals surface area contributed by atoms with E-state index >= 15 is 0 Å². The van der Waals surface area contributed by atoms with E-state index in [-0.39, 0.29) is 30.0 Å². The quantitative estimate of drug-likeness (QED) is 0.439. The fraction of sp³-hybridized carbons (Fsp3) is 0.190. The van der Waals surface area contributed by atoms with Crippen LogP contribution in [0.4, 0.5) is 0 Å². The molecular weight excluding hydrogens is 422 g/mol. The third kappa shape index (κ3) is 4.62. The summed E-state index contributed by atoms with van der Waals surface area (Å²) < 4.78 is 0.473. The minimum absolute atomic E-state index is 0.105. The number of hydrogen-bond acceptors (Lipinski definition) is 6. The standard InChI is InChI=1S/C21H17N3O2S3/c1-13-6-8-14(9-7-13)12-17-19(26)24(21(27)29-17)11-10-18(25)23-20-22-15-4-2-3-5-16(15)28-20/h2,4-9,12,16H,10-11H2,1H3,(H,22,23,25)/b17-12-. The van der Waals surface area contributed by atoms with Crippen molar-refractivity contribution in [1.29, 1.82) is 0 Å². The smallest absolute Gasteiger partial charge is 0.266 e. The molecule has 0 spiro atoms. The maximum Gasteiger partial charge on any atom is 0.266 e. The molecule has 1 aromatic rings. The van der Waals surface area contributed by atoms with Gasteiger partial charge in [-0.15, -0.1) is 5.73 Å². The molecule has 2 amide bonds. The second-order valence-electron chi connectivity index (χ2n) is 6.59. The van der Waals surface area contributed by atoms with Gasteiger partial charge in [-0.1, -0.05) is 65.6 Å². The molecule has 1 N–H and O–H groups in total. The maximum atomic E-state index is 12.7. The highest BCUT2D eigenvalue weighted by Gasteiger charge is 2.32. The van der Waals surface area contributed by atoms with E-state index in [2.05, 4.69) is 16.0 Å². The first-order chi connectivity index (χ1) is 14.0. The third-order valence-corrected chi connectivity index (χ3v) is 6.84. The van der Waals surface area contributed by atoms with E-state index in [1.165, 1.54) is 28.4 Å². The molecule has 0 radical (unpaired) electrons. The minimum Gasteiger partial charge on any atom is -0.305 e. The molecule has 0 bridgehead atoms. The minimum atomic E-state index is -0.191. The molecule has 29 heavy (non-hydrogen) atoms. The zero-order valence-corrected chi connectivity index (χ0v) is 18.0. The van der Waals surface area contributed by atoms with Crippen LogP contribution in [0.2, 0.25) is 0 Å².